The number of rotatable bonds is 10. The van der Waals surface area contributed by atoms with E-state index in [1.165, 1.54) is 0 Å². The number of thiophene rings is 1. The van der Waals surface area contributed by atoms with E-state index in [4.69, 9.17) is 5.11 Å². The highest BCUT2D eigenvalue weighted by molar-refractivity contribution is 9.10. The van der Waals surface area contributed by atoms with Crippen molar-refractivity contribution in [3.05, 3.63) is 15.9 Å². The molecule has 0 saturated heterocycles. The minimum atomic E-state index is -3.48. The largest absolute Gasteiger partial charge is 0.481 e. The number of nitrogens with one attached hydrogen (secondary N) is 1. The maximum atomic E-state index is 12.1. The molecule has 21 heavy (non-hydrogen) atoms. The van der Waals surface area contributed by atoms with E-state index in [-0.39, 0.29) is 16.5 Å². The minimum absolute atomic E-state index is 0.133. The van der Waals surface area contributed by atoms with E-state index < -0.39 is 16.0 Å². The monoisotopic (exact) mass is 397 g/mol. The maximum absolute atomic E-state index is 12.1. The minimum Gasteiger partial charge on any atom is -0.481 e. The number of carboxylic acids is 1. The Labute approximate surface area is 137 Å². The zero-order valence-corrected chi connectivity index (χ0v) is 15.1. The highest BCUT2D eigenvalue weighted by atomic mass is 79.9. The van der Waals surface area contributed by atoms with Crippen molar-refractivity contribution >= 4 is 43.3 Å². The molecule has 1 aromatic rings. The first-order valence-corrected chi connectivity index (χ1v) is 9.96. The van der Waals surface area contributed by atoms with Gasteiger partial charge in [0.1, 0.15) is 4.21 Å². The van der Waals surface area contributed by atoms with Crippen molar-refractivity contribution in [2.24, 2.45) is 5.92 Å². The van der Waals surface area contributed by atoms with Crippen molar-refractivity contribution in [2.75, 3.05) is 6.54 Å². The highest BCUT2D eigenvalue weighted by Crippen LogP contribution is 2.27. The van der Waals surface area contributed by atoms with Gasteiger partial charge in [-0.1, -0.05) is 19.8 Å². The molecule has 0 aliphatic carbocycles. The lowest BCUT2D eigenvalue weighted by Gasteiger charge is -2.15. The summed E-state index contributed by atoms with van der Waals surface area (Å²) in [4.78, 5) is 10.6. The van der Waals surface area contributed by atoms with Crippen LogP contribution in [0, 0.1) is 5.92 Å². The topological polar surface area (TPSA) is 83.5 Å². The van der Waals surface area contributed by atoms with Gasteiger partial charge in [-0.25, -0.2) is 13.1 Å². The summed E-state index contributed by atoms with van der Waals surface area (Å²) in [6.07, 6.45) is 3.26. The van der Waals surface area contributed by atoms with Gasteiger partial charge in [0.15, 0.2) is 0 Å². The molecule has 1 rings (SSSR count). The van der Waals surface area contributed by atoms with Crippen molar-refractivity contribution < 1.29 is 18.3 Å². The van der Waals surface area contributed by atoms with Gasteiger partial charge < -0.3 is 5.11 Å². The average Bonchev–Trinajstić information content (AvgIpc) is 2.83. The molecule has 0 bridgehead atoms. The van der Waals surface area contributed by atoms with Crippen molar-refractivity contribution in [1.29, 1.82) is 0 Å². The van der Waals surface area contributed by atoms with Crippen LogP contribution in [0.5, 0.6) is 0 Å². The Morgan fingerprint density at radius 1 is 1.43 bits per heavy atom. The van der Waals surface area contributed by atoms with Gasteiger partial charge >= 0.3 is 5.97 Å². The molecular formula is C13H20BrNO4S2. The van der Waals surface area contributed by atoms with Crippen LogP contribution in [0.3, 0.4) is 0 Å². The van der Waals surface area contributed by atoms with E-state index in [0.717, 1.165) is 24.2 Å². The predicted molar refractivity (Wildman–Crippen MR) is 87.1 cm³/mol. The lowest BCUT2D eigenvalue weighted by atomic mass is 9.95. The smallest absolute Gasteiger partial charge is 0.303 e. The first kappa shape index (κ1) is 18.6. The van der Waals surface area contributed by atoms with Gasteiger partial charge in [-0.2, -0.15) is 0 Å². The highest BCUT2D eigenvalue weighted by Gasteiger charge is 2.19. The summed E-state index contributed by atoms with van der Waals surface area (Å²) >= 11 is 4.38. The summed E-state index contributed by atoms with van der Waals surface area (Å²) in [5.41, 5.74) is 0. The lowest BCUT2D eigenvalue weighted by Crippen LogP contribution is -2.26. The van der Waals surface area contributed by atoms with Gasteiger partial charge in [0, 0.05) is 17.4 Å². The summed E-state index contributed by atoms with van der Waals surface area (Å²) in [6.45, 7) is 2.37. The quantitative estimate of drug-likeness (QED) is 0.632. The van der Waals surface area contributed by atoms with Crippen molar-refractivity contribution in [3.8, 4) is 0 Å². The second-order valence-corrected chi connectivity index (χ2v) is 8.56. The SMILES string of the molecule is CCCC(CCNS(=O)(=O)c1sccc1Br)CCC(=O)O. The molecule has 1 aromatic heterocycles. The third-order valence-corrected chi connectivity index (χ3v) is 7.27. The molecule has 5 nitrogen and oxygen atoms in total. The zero-order valence-electron chi connectivity index (χ0n) is 11.8. The molecule has 8 heteroatoms. The van der Waals surface area contributed by atoms with E-state index in [1.54, 1.807) is 11.4 Å². The molecule has 0 aliphatic heterocycles. The number of halogens is 1. The zero-order chi connectivity index (χ0) is 15.9. The molecule has 0 radical (unpaired) electrons. The molecule has 1 heterocycles. The molecule has 0 spiro atoms. The normalized spacial score (nSPS) is 13.2. The molecule has 0 saturated carbocycles. The Balaban J connectivity index is 2.49. The fraction of sp³-hybridized carbons (Fsp3) is 0.615. The summed E-state index contributed by atoms with van der Waals surface area (Å²) in [6, 6.07) is 1.70. The summed E-state index contributed by atoms with van der Waals surface area (Å²) < 4.78 is 27.6. The number of carbonyl (C=O) groups is 1. The van der Waals surface area contributed by atoms with E-state index in [0.29, 0.717) is 23.9 Å². The van der Waals surface area contributed by atoms with Crippen molar-refractivity contribution in [3.63, 3.8) is 0 Å². The first-order chi connectivity index (χ1) is 9.86. The number of carboxylic acid groups (broad SMARTS) is 1. The predicted octanol–water partition coefficient (Wildman–Crippen LogP) is 3.46. The second kappa shape index (κ2) is 8.87. The molecule has 1 atom stereocenters. The van der Waals surface area contributed by atoms with Crippen LogP contribution in [-0.4, -0.2) is 26.0 Å². The van der Waals surface area contributed by atoms with Crippen LogP contribution >= 0.6 is 27.3 Å². The molecule has 0 aliphatic rings. The van der Waals surface area contributed by atoms with Gasteiger partial charge in [-0.15, -0.1) is 11.3 Å². The van der Waals surface area contributed by atoms with E-state index in [9.17, 15) is 13.2 Å². The Bertz CT molecular complexity index is 556. The Kier molecular flexibility index (Phi) is 7.86. The van der Waals surface area contributed by atoms with Crippen LogP contribution in [0.1, 0.15) is 39.0 Å². The first-order valence-electron chi connectivity index (χ1n) is 6.81. The molecule has 1 unspecified atom stereocenters. The molecule has 0 aromatic carbocycles. The van der Waals surface area contributed by atoms with Crippen LogP contribution in [0.15, 0.2) is 20.1 Å². The van der Waals surface area contributed by atoms with Crippen LogP contribution in [0.4, 0.5) is 0 Å². The van der Waals surface area contributed by atoms with Crippen LogP contribution < -0.4 is 4.72 Å². The Morgan fingerprint density at radius 2 is 2.14 bits per heavy atom. The van der Waals surface area contributed by atoms with Gasteiger partial charge in [0.2, 0.25) is 0 Å². The van der Waals surface area contributed by atoms with Crippen molar-refractivity contribution in [1.82, 2.24) is 4.72 Å². The fourth-order valence-corrected chi connectivity index (χ4v) is 5.53. The standard InChI is InChI=1S/C13H20BrNO4S2/c1-2-3-10(4-5-12(16)17)6-8-15-21(18,19)13-11(14)7-9-20-13/h7,9-10,15H,2-6,8H2,1H3,(H,16,17). The third-order valence-electron chi connectivity index (χ3n) is 3.14. The number of hydrogen-bond donors (Lipinski definition) is 2. The molecule has 120 valence electrons. The number of hydrogen-bond acceptors (Lipinski definition) is 4. The van der Waals surface area contributed by atoms with Crippen molar-refractivity contribution in [2.45, 2.75) is 43.2 Å². The average molecular weight is 398 g/mol. The molecule has 0 amide bonds. The number of sulfonamides is 1. The summed E-state index contributed by atoms with van der Waals surface area (Å²) in [5.74, 6) is -0.570. The van der Waals surface area contributed by atoms with Crippen LogP contribution in [-0.2, 0) is 14.8 Å². The Hall–Kier alpha value is -0.440. The molecule has 2 N–H and O–H groups in total. The van der Waals surface area contributed by atoms with E-state index >= 15 is 0 Å². The Morgan fingerprint density at radius 3 is 2.67 bits per heavy atom. The number of aliphatic carboxylic acids is 1. The summed E-state index contributed by atoms with van der Waals surface area (Å²) in [7, 11) is -3.48. The lowest BCUT2D eigenvalue weighted by molar-refractivity contribution is -0.137. The van der Waals surface area contributed by atoms with Crippen LogP contribution in [0.2, 0.25) is 0 Å². The van der Waals surface area contributed by atoms with Crippen LogP contribution in [0.25, 0.3) is 0 Å². The fourth-order valence-electron chi connectivity index (χ4n) is 2.10. The van der Waals surface area contributed by atoms with Gasteiger partial charge in [-0.3, -0.25) is 4.79 Å². The maximum Gasteiger partial charge on any atom is 0.303 e. The molecule has 0 fully saturated rings. The second-order valence-electron chi connectivity index (χ2n) is 4.83. The molecular weight excluding hydrogens is 378 g/mol. The summed E-state index contributed by atoms with van der Waals surface area (Å²) in [5, 5.41) is 10.4. The van der Waals surface area contributed by atoms with E-state index in [1.807, 2.05) is 6.92 Å². The van der Waals surface area contributed by atoms with Gasteiger partial charge in [0.05, 0.1) is 0 Å². The van der Waals surface area contributed by atoms with Gasteiger partial charge in [-0.05, 0) is 46.1 Å². The van der Waals surface area contributed by atoms with Gasteiger partial charge in [0.25, 0.3) is 10.0 Å². The third kappa shape index (κ3) is 6.46. The van der Waals surface area contributed by atoms with E-state index in [2.05, 4.69) is 20.7 Å².